The predicted molar refractivity (Wildman–Crippen MR) is 66.2 cm³/mol. The van der Waals surface area contributed by atoms with Gasteiger partial charge in [0.1, 0.15) is 5.54 Å². The number of aromatic nitrogens is 2. The van der Waals surface area contributed by atoms with Crippen LogP contribution in [0.3, 0.4) is 0 Å². The molecule has 0 bridgehead atoms. The van der Waals surface area contributed by atoms with Gasteiger partial charge in [0.05, 0.1) is 12.1 Å². The van der Waals surface area contributed by atoms with Crippen LogP contribution in [-0.2, 0) is 16.0 Å². The number of hydrogen-bond acceptors (Lipinski definition) is 3. The summed E-state index contributed by atoms with van der Waals surface area (Å²) in [7, 11) is 0. The molecule has 1 rings (SSSR count). The zero-order chi connectivity index (χ0) is 13.9. The van der Waals surface area contributed by atoms with E-state index in [1.807, 2.05) is 13.8 Å². The Labute approximate surface area is 106 Å². The quantitative estimate of drug-likeness (QED) is 0.727. The van der Waals surface area contributed by atoms with Crippen LogP contribution < -0.4 is 5.32 Å². The summed E-state index contributed by atoms with van der Waals surface area (Å²) in [4.78, 5) is 23.0. The number of amides is 1. The summed E-state index contributed by atoms with van der Waals surface area (Å²) in [5.41, 5.74) is 1.19. The molecule has 18 heavy (non-hydrogen) atoms. The van der Waals surface area contributed by atoms with Crippen molar-refractivity contribution in [2.45, 2.75) is 46.1 Å². The highest BCUT2D eigenvalue weighted by Crippen LogP contribution is 2.13. The van der Waals surface area contributed by atoms with Gasteiger partial charge in [-0.2, -0.15) is 5.10 Å². The first-order chi connectivity index (χ1) is 8.30. The Balaban J connectivity index is 2.76. The molecule has 0 spiro atoms. The molecule has 0 saturated carbocycles. The number of aryl methyl sites for hydroxylation is 2. The minimum absolute atomic E-state index is 0.136. The molecule has 0 radical (unpaired) electrons. The molecule has 6 nitrogen and oxygen atoms in total. The Morgan fingerprint density at radius 2 is 2.06 bits per heavy atom. The Morgan fingerprint density at radius 1 is 1.44 bits per heavy atom. The van der Waals surface area contributed by atoms with E-state index in [0.29, 0.717) is 6.42 Å². The van der Waals surface area contributed by atoms with Crippen LogP contribution in [0.25, 0.3) is 0 Å². The summed E-state index contributed by atoms with van der Waals surface area (Å²) in [5.74, 6) is -1.34. The van der Waals surface area contributed by atoms with Crippen molar-refractivity contribution in [3.63, 3.8) is 0 Å². The number of aliphatic carboxylic acids is 1. The van der Waals surface area contributed by atoms with Crippen LogP contribution in [0.15, 0.2) is 0 Å². The third kappa shape index (κ3) is 2.88. The molecule has 0 aliphatic carbocycles. The van der Waals surface area contributed by atoms with E-state index in [9.17, 15) is 9.59 Å². The van der Waals surface area contributed by atoms with E-state index in [1.54, 1.807) is 6.92 Å². The number of aromatic amines is 1. The van der Waals surface area contributed by atoms with Crippen LogP contribution in [0.2, 0.25) is 0 Å². The maximum absolute atomic E-state index is 11.9. The fourth-order valence-electron chi connectivity index (χ4n) is 1.64. The molecule has 3 N–H and O–H groups in total. The van der Waals surface area contributed by atoms with Crippen LogP contribution in [0.4, 0.5) is 0 Å². The van der Waals surface area contributed by atoms with Crippen molar-refractivity contribution in [3.05, 3.63) is 17.0 Å². The summed E-state index contributed by atoms with van der Waals surface area (Å²) >= 11 is 0. The van der Waals surface area contributed by atoms with Gasteiger partial charge in [0.2, 0.25) is 5.91 Å². The van der Waals surface area contributed by atoms with E-state index in [4.69, 9.17) is 5.11 Å². The molecule has 1 aromatic rings. The first-order valence-electron chi connectivity index (χ1n) is 5.85. The Morgan fingerprint density at radius 3 is 2.44 bits per heavy atom. The average molecular weight is 253 g/mol. The number of carboxylic acid groups (broad SMARTS) is 1. The van der Waals surface area contributed by atoms with Gasteiger partial charge in [0.15, 0.2) is 0 Å². The molecule has 1 heterocycles. The van der Waals surface area contributed by atoms with Gasteiger partial charge in [0, 0.05) is 11.3 Å². The Bertz CT molecular complexity index is 448. The smallest absolute Gasteiger partial charge is 0.329 e. The number of carbonyl (C=O) groups is 2. The van der Waals surface area contributed by atoms with Gasteiger partial charge in [-0.25, -0.2) is 4.79 Å². The number of nitrogens with one attached hydrogen (secondary N) is 2. The van der Waals surface area contributed by atoms with E-state index < -0.39 is 11.5 Å². The molecular formula is C12H19N3O3. The van der Waals surface area contributed by atoms with Crippen LogP contribution >= 0.6 is 0 Å². The average Bonchev–Trinajstić information content (AvgIpc) is 2.60. The van der Waals surface area contributed by atoms with Crippen LogP contribution in [0.1, 0.15) is 37.2 Å². The minimum atomic E-state index is -1.22. The molecule has 0 aromatic carbocycles. The second-order valence-electron chi connectivity index (χ2n) is 4.63. The van der Waals surface area contributed by atoms with Gasteiger partial charge < -0.3 is 10.4 Å². The molecule has 0 saturated heterocycles. The summed E-state index contributed by atoms with van der Waals surface area (Å²) in [6.07, 6.45) is 0.467. The number of hydrogen-bond donors (Lipinski definition) is 3. The summed E-state index contributed by atoms with van der Waals surface area (Å²) in [5, 5.41) is 18.4. The van der Waals surface area contributed by atoms with E-state index in [2.05, 4.69) is 15.5 Å². The van der Waals surface area contributed by atoms with Gasteiger partial charge >= 0.3 is 5.97 Å². The Kier molecular flexibility index (Phi) is 4.11. The van der Waals surface area contributed by atoms with Gasteiger partial charge in [-0.05, 0) is 27.2 Å². The van der Waals surface area contributed by atoms with E-state index in [-0.39, 0.29) is 12.3 Å². The van der Waals surface area contributed by atoms with Gasteiger partial charge in [-0.3, -0.25) is 9.89 Å². The first-order valence-corrected chi connectivity index (χ1v) is 5.85. The molecule has 1 unspecified atom stereocenters. The molecular weight excluding hydrogens is 234 g/mol. The van der Waals surface area contributed by atoms with Crippen molar-refractivity contribution in [2.75, 3.05) is 0 Å². The van der Waals surface area contributed by atoms with E-state index in [0.717, 1.165) is 17.0 Å². The summed E-state index contributed by atoms with van der Waals surface area (Å²) < 4.78 is 0. The van der Waals surface area contributed by atoms with Crippen LogP contribution in [-0.4, -0.2) is 32.7 Å². The van der Waals surface area contributed by atoms with E-state index >= 15 is 0 Å². The van der Waals surface area contributed by atoms with Crippen molar-refractivity contribution < 1.29 is 14.7 Å². The Hall–Kier alpha value is -1.85. The third-order valence-corrected chi connectivity index (χ3v) is 3.21. The zero-order valence-corrected chi connectivity index (χ0v) is 11.1. The maximum atomic E-state index is 11.9. The highest BCUT2D eigenvalue weighted by Gasteiger charge is 2.32. The second kappa shape index (κ2) is 5.20. The molecule has 1 aromatic heterocycles. The largest absolute Gasteiger partial charge is 0.480 e. The van der Waals surface area contributed by atoms with Crippen molar-refractivity contribution in [1.82, 2.24) is 15.5 Å². The normalized spacial score (nSPS) is 14.0. The monoisotopic (exact) mass is 253 g/mol. The summed E-state index contributed by atoms with van der Waals surface area (Å²) in [6, 6.07) is 0. The van der Waals surface area contributed by atoms with Crippen molar-refractivity contribution in [2.24, 2.45) is 0 Å². The predicted octanol–water partition coefficient (Wildman–Crippen LogP) is 0.939. The molecule has 0 aliphatic rings. The van der Waals surface area contributed by atoms with Crippen LogP contribution in [0, 0.1) is 13.8 Å². The van der Waals surface area contributed by atoms with Gasteiger partial charge in [-0.15, -0.1) is 0 Å². The van der Waals surface area contributed by atoms with Crippen molar-refractivity contribution >= 4 is 11.9 Å². The van der Waals surface area contributed by atoms with Crippen LogP contribution in [0.5, 0.6) is 0 Å². The summed E-state index contributed by atoms with van der Waals surface area (Å²) in [6.45, 7) is 6.87. The molecule has 0 aliphatic heterocycles. The third-order valence-electron chi connectivity index (χ3n) is 3.21. The molecule has 100 valence electrons. The number of rotatable bonds is 5. The fraction of sp³-hybridized carbons (Fsp3) is 0.583. The first kappa shape index (κ1) is 14.2. The molecule has 1 amide bonds. The highest BCUT2D eigenvalue weighted by molar-refractivity contribution is 5.87. The standard InChI is InChI=1S/C12H19N3O3/c1-5-12(4,11(17)18)13-10(16)6-9-7(2)14-15-8(9)3/h5-6H2,1-4H3,(H,13,16)(H,14,15)(H,17,18). The number of nitrogens with zero attached hydrogens (tertiary/aromatic N) is 1. The molecule has 0 fully saturated rings. The zero-order valence-electron chi connectivity index (χ0n) is 11.1. The lowest BCUT2D eigenvalue weighted by molar-refractivity contribution is -0.146. The van der Waals surface area contributed by atoms with Crippen molar-refractivity contribution in [3.8, 4) is 0 Å². The van der Waals surface area contributed by atoms with Gasteiger partial charge in [-0.1, -0.05) is 6.92 Å². The van der Waals surface area contributed by atoms with Crippen molar-refractivity contribution in [1.29, 1.82) is 0 Å². The fourth-order valence-corrected chi connectivity index (χ4v) is 1.64. The van der Waals surface area contributed by atoms with E-state index in [1.165, 1.54) is 6.92 Å². The number of carbonyl (C=O) groups excluding carboxylic acids is 1. The number of carboxylic acids is 1. The molecule has 6 heteroatoms. The maximum Gasteiger partial charge on any atom is 0.329 e. The van der Waals surface area contributed by atoms with Gasteiger partial charge in [0.25, 0.3) is 0 Å². The lowest BCUT2D eigenvalue weighted by Gasteiger charge is -2.24. The number of H-pyrrole nitrogens is 1. The molecule has 1 atom stereocenters. The topological polar surface area (TPSA) is 95.1 Å². The SMILES string of the molecule is CCC(C)(NC(=O)Cc1c(C)n[nH]c1C)C(=O)O. The second-order valence-corrected chi connectivity index (χ2v) is 4.63. The highest BCUT2D eigenvalue weighted by atomic mass is 16.4. The lowest BCUT2D eigenvalue weighted by Crippen LogP contribution is -2.52. The lowest BCUT2D eigenvalue weighted by atomic mass is 9.98. The minimum Gasteiger partial charge on any atom is -0.480 e.